The third-order valence-electron chi connectivity index (χ3n) is 2.96. The van der Waals surface area contributed by atoms with Crippen LogP contribution in [-0.2, 0) is 0 Å². The van der Waals surface area contributed by atoms with Crippen LogP contribution in [0.3, 0.4) is 0 Å². The molecule has 1 fully saturated rings. The minimum Gasteiger partial charge on any atom is -0.309 e. The highest BCUT2D eigenvalue weighted by Crippen LogP contribution is 2.17. The molecular weight excluding hydrogens is 192 g/mol. The van der Waals surface area contributed by atoms with Gasteiger partial charge in [-0.05, 0) is 64.7 Å². The second kappa shape index (κ2) is 6.70. The molecular formula is C11H24N2S. The van der Waals surface area contributed by atoms with E-state index in [-0.39, 0.29) is 0 Å². The van der Waals surface area contributed by atoms with Crippen molar-refractivity contribution in [3.05, 3.63) is 0 Å². The van der Waals surface area contributed by atoms with E-state index >= 15 is 0 Å². The summed E-state index contributed by atoms with van der Waals surface area (Å²) in [7, 11) is 4.35. The van der Waals surface area contributed by atoms with Gasteiger partial charge in [0.05, 0.1) is 0 Å². The van der Waals surface area contributed by atoms with Crippen molar-refractivity contribution >= 4 is 12.6 Å². The summed E-state index contributed by atoms with van der Waals surface area (Å²) in [5, 5.41) is 0. The predicted octanol–water partition coefficient (Wildman–Crippen LogP) is 1.58. The van der Waals surface area contributed by atoms with Crippen LogP contribution in [0.4, 0.5) is 0 Å². The molecule has 0 N–H and O–H groups in total. The number of likely N-dealkylation sites (tertiary alicyclic amines) is 1. The topological polar surface area (TPSA) is 6.48 Å². The molecule has 1 heterocycles. The zero-order valence-corrected chi connectivity index (χ0v) is 10.5. The van der Waals surface area contributed by atoms with Gasteiger partial charge < -0.3 is 9.80 Å². The Morgan fingerprint density at radius 1 is 1.29 bits per heavy atom. The van der Waals surface area contributed by atoms with E-state index in [0.717, 1.165) is 11.7 Å². The molecule has 14 heavy (non-hydrogen) atoms. The zero-order valence-electron chi connectivity index (χ0n) is 9.58. The highest BCUT2D eigenvalue weighted by atomic mass is 32.1. The fraction of sp³-hybridized carbons (Fsp3) is 1.00. The minimum absolute atomic E-state index is 0.928. The van der Waals surface area contributed by atoms with Crippen LogP contribution in [0.15, 0.2) is 0 Å². The molecule has 0 bridgehead atoms. The lowest BCUT2D eigenvalue weighted by Gasteiger charge is -2.33. The molecule has 0 aromatic heterocycles. The summed E-state index contributed by atoms with van der Waals surface area (Å²) in [6, 6.07) is 0. The average Bonchev–Trinajstić information content (AvgIpc) is 2.16. The first-order valence-corrected chi connectivity index (χ1v) is 6.33. The molecule has 0 saturated carbocycles. The molecule has 0 aliphatic carbocycles. The molecule has 1 rings (SSSR count). The molecule has 0 aromatic carbocycles. The highest BCUT2D eigenvalue weighted by molar-refractivity contribution is 7.80. The van der Waals surface area contributed by atoms with Crippen LogP contribution in [-0.4, -0.2) is 55.8 Å². The molecule has 3 heteroatoms. The summed E-state index contributed by atoms with van der Waals surface area (Å²) in [5.41, 5.74) is 0. The average molecular weight is 216 g/mol. The van der Waals surface area contributed by atoms with Gasteiger partial charge in [0.2, 0.25) is 0 Å². The van der Waals surface area contributed by atoms with Crippen molar-refractivity contribution in [1.29, 1.82) is 0 Å². The van der Waals surface area contributed by atoms with Crippen LogP contribution in [0.25, 0.3) is 0 Å². The summed E-state index contributed by atoms with van der Waals surface area (Å²) in [6.07, 6.45) is 4.00. The molecule has 0 radical (unpaired) electrons. The van der Waals surface area contributed by atoms with Crippen molar-refractivity contribution in [2.24, 2.45) is 5.92 Å². The van der Waals surface area contributed by atoms with Crippen molar-refractivity contribution in [3.63, 3.8) is 0 Å². The van der Waals surface area contributed by atoms with Gasteiger partial charge in [-0.1, -0.05) is 0 Å². The van der Waals surface area contributed by atoms with E-state index in [1.54, 1.807) is 0 Å². The van der Waals surface area contributed by atoms with Gasteiger partial charge in [-0.2, -0.15) is 12.6 Å². The number of hydrogen-bond acceptors (Lipinski definition) is 3. The zero-order chi connectivity index (χ0) is 10.4. The maximum absolute atomic E-state index is 4.25. The first-order chi connectivity index (χ1) is 6.72. The monoisotopic (exact) mass is 216 g/mol. The Bertz CT molecular complexity index is 142. The molecule has 84 valence electrons. The molecule has 0 aromatic rings. The molecule has 1 saturated heterocycles. The second-order valence-electron chi connectivity index (χ2n) is 4.62. The van der Waals surface area contributed by atoms with Gasteiger partial charge in [-0.25, -0.2) is 0 Å². The summed E-state index contributed by atoms with van der Waals surface area (Å²) in [4.78, 5) is 4.90. The Morgan fingerprint density at radius 3 is 2.43 bits per heavy atom. The van der Waals surface area contributed by atoms with Crippen molar-refractivity contribution in [1.82, 2.24) is 9.80 Å². The molecule has 1 aliphatic heterocycles. The maximum Gasteiger partial charge on any atom is 0.000451 e. The number of hydrogen-bond donors (Lipinski definition) is 1. The SMILES string of the molecule is CN(C)CC1CCN(CCCS)CC1. The van der Waals surface area contributed by atoms with Crippen LogP contribution >= 0.6 is 12.6 Å². The van der Waals surface area contributed by atoms with E-state index in [2.05, 4.69) is 36.5 Å². The van der Waals surface area contributed by atoms with Gasteiger partial charge in [0.1, 0.15) is 0 Å². The molecule has 0 spiro atoms. The number of nitrogens with zero attached hydrogens (tertiary/aromatic N) is 2. The van der Waals surface area contributed by atoms with Gasteiger partial charge in [-0.15, -0.1) is 0 Å². The van der Waals surface area contributed by atoms with E-state index in [9.17, 15) is 0 Å². The Labute approximate surface area is 94.1 Å². The van der Waals surface area contributed by atoms with Gasteiger partial charge in [0.15, 0.2) is 0 Å². The van der Waals surface area contributed by atoms with E-state index in [0.29, 0.717) is 0 Å². The lowest BCUT2D eigenvalue weighted by atomic mass is 9.96. The fourth-order valence-electron chi connectivity index (χ4n) is 2.20. The molecule has 1 aliphatic rings. The van der Waals surface area contributed by atoms with Crippen LogP contribution in [0.2, 0.25) is 0 Å². The summed E-state index contributed by atoms with van der Waals surface area (Å²) >= 11 is 4.25. The second-order valence-corrected chi connectivity index (χ2v) is 5.07. The van der Waals surface area contributed by atoms with Crippen LogP contribution in [0, 0.1) is 5.92 Å². The van der Waals surface area contributed by atoms with E-state index in [4.69, 9.17) is 0 Å². The van der Waals surface area contributed by atoms with Gasteiger partial charge in [-0.3, -0.25) is 0 Å². The number of thiol groups is 1. The molecule has 0 unspecified atom stereocenters. The summed E-state index contributed by atoms with van der Waals surface area (Å²) in [6.45, 7) is 5.11. The van der Waals surface area contributed by atoms with Crippen LogP contribution in [0.1, 0.15) is 19.3 Å². The third kappa shape index (κ3) is 4.67. The van der Waals surface area contributed by atoms with E-state index in [1.165, 1.54) is 45.4 Å². The molecule has 0 amide bonds. The van der Waals surface area contributed by atoms with E-state index in [1.807, 2.05) is 0 Å². The minimum atomic E-state index is 0.928. The summed E-state index contributed by atoms with van der Waals surface area (Å²) in [5.74, 6) is 1.95. The lowest BCUT2D eigenvalue weighted by Crippen LogP contribution is -2.37. The van der Waals surface area contributed by atoms with Crippen molar-refractivity contribution in [2.75, 3.05) is 46.0 Å². The van der Waals surface area contributed by atoms with E-state index < -0.39 is 0 Å². The number of rotatable bonds is 5. The maximum atomic E-state index is 4.25. The molecule has 2 nitrogen and oxygen atoms in total. The van der Waals surface area contributed by atoms with Crippen LogP contribution in [0.5, 0.6) is 0 Å². The van der Waals surface area contributed by atoms with Gasteiger partial charge >= 0.3 is 0 Å². The quantitative estimate of drug-likeness (QED) is 0.697. The Morgan fingerprint density at radius 2 is 1.93 bits per heavy atom. The lowest BCUT2D eigenvalue weighted by molar-refractivity contribution is 0.163. The largest absolute Gasteiger partial charge is 0.309 e. The third-order valence-corrected chi connectivity index (χ3v) is 3.28. The summed E-state index contributed by atoms with van der Waals surface area (Å²) < 4.78 is 0. The van der Waals surface area contributed by atoms with Crippen molar-refractivity contribution in [2.45, 2.75) is 19.3 Å². The van der Waals surface area contributed by atoms with Gasteiger partial charge in [0.25, 0.3) is 0 Å². The Hall–Kier alpha value is 0.270. The van der Waals surface area contributed by atoms with Crippen molar-refractivity contribution in [3.8, 4) is 0 Å². The normalized spacial score (nSPS) is 20.6. The Balaban J connectivity index is 2.11. The number of piperidine rings is 1. The first-order valence-electron chi connectivity index (χ1n) is 5.70. The molecule has 0 atom stereocenters. The van der Waals surface area contributed by atoms with Crippen LogP contribution < -0.4 is 0 Å². The van der Waals surface area contributed by atoms with Gasteiger partial charge in [0, 0.05) is 6.54 Å². The fourth-order valence-corrected chi connectivity index (χ4v) is 2.34. The highest BCUT2D eigenvalue weighted by Gasteiger charge is 2.18. The predicted molar refractivity (Wildman–Crippen MR) is 66.2 cm³/mol. The first kappa shape index (κ1) is 12.3. The Kier molecular flexibility index (Phi) is 5.90. The van der Waals surface area contributed by atoms with Crippen molar-refractivity contribution < 1.29 is 0 Å². The standard InChI is InChI=1S/C11H24N2S/c1-12(2)10-11-4-7-13(8-5-11)6-3-9-14/h11,14H,3-10H2,1-2H3. The smallest absolute Gasteiger partial charge is 0.000451 e.